The van der Waals surface area contributed by atoms with Crippen LogP contribution in [0.15, 0.2) is 0 Å². The average molecular weight is 228 g/mol. The zero-order valence-corrected chi connectivity index (χ0v) is 10.2. The van der Waals surface area contributed by atoms with Crippen molar-refractivity contribution in [2.45, 2.75) is 26.2 Å². The van der Waals surface area contributed by atoms with Gasteiger partial charge in [-0.25, -0.2) is 5.84 Å². The van der Waals surface area contributed by atoms with Gasteiger partial charge in [0, 0.05) is 32.6 Å². The van der Waals surface area contributed by atoms with Gasteiger partial charge in [0.25, 0.3) is 0 Å². The van der Waals surface area contributed by atoms with E-state index in [1.165, 1.54) is 13.1 Å². The number of amides is 1. The first kappa shape index (κ1) is 13.4. The quantitative estimate of drug-likeness (QED) is 0.286. The molecule has 0 atom stereocenters. The summed E-state index contributed by atoms with van der Waals surface area (Å²) in [6.45, 7) is 9.16. The summed E-state index contributed by atoms with van der Waals surface area (Å²) in [7, 11) is 0. The molecule has 1 amide bonds. The summed E-state index contributed by atoms with van der Waals surface area (Å²) in [5, 5.41) is 0. The maximum Gasteiger partial charge on any atom is 0.233 e. The highest BCUT2D eigenvalue weighted by Crippen LogP contribution is 2.04. The molecule has 3 N–H and O–H groups in total. The van der Waals surface area contributed by atoms with Crippen molar-refractivity contribution in [3.63, 3.8) is 0 Å². The first-order valence-electron chi connectivity index (χ1n) is 6.20. The molecular formula is C11H24N4O. The van der Waals surface area contributed by atoms with Gasteiger partial charge in [-0.15, -0.1) is 0 Å². The normalized spacial score (nSPS) is 18.6. The number of hydrazine groups is 1. The maximum absolute atomic E-state index is 10.9. The van der Waals surface area contributed by atoms with E-state index in [1.54, 1.807) is 0 Å². The summed E-state index contributed by atoms with van der Waals surface area (Å²) in [6, 6.07) is 0. The van der Waals surface area contributed by atoms with Gasteiger partial charge in [-0.3, -0.25) is 10.2 Å². The van der Waals surface area contributed by atoms with E-state index in [0.29, 0.717) is 6.42 Å². The fourth-order valence-corrected chi connectivity index (χ4v) is 2.02. The van der Waals surface area contributed by atoms with Crippen LogP contribution in [0.5, 0.6) is 0 Å². The van der Waals surface area contributed by atoms with Gasteiger partial charge in [-0.05, 0) is 25.9 Å². The number of rotatable bonds is 6. The predicted octanol–water partition coefficient (Wildman–Crippen LogP) is -0.216. The Bertz CT molecular complexity index is 202. The molecular weight excluding hydrogens is 204 g/mol. The SMILES string of the molecule is CCN1CCN(CCCCC(=O)NN)CC1. The molecule has 0 unspecified atom stereocenters. The number of unbranched alkanes of at least 4 members (excludes halogenated alkanes) is 1. The number of hydrogen-bond donors (Lipinski definition) is 2. The molecule has 1 aliphatic rings. The summed E-state index contributed by atoms with van der Waals surface area (Å²) in [6.07, 6.45) is 2.56. The lowest BCUT2D eigenvalue weighted by molar-refractivity contribution is -0.121. The van der Waals surface area contributed by atoms with Crippen LogP contribution in [0.4, 0.5) is 0 Å². The van der Waals surface area contributed by atoms with E-state index in [-0.39, 0.29) is 5.91 Å². The van der Waals surface area contributed by atoms with Crippen LogP contribution >= 0.6 is 0 Å². The summed E-state index contributed by atoms with van der Waals surface area (Å²) >= 11 is 0. The molecule has 1 heterocycles. The molecule has 0 aliphatic carbocycles. The van der Waals surface area contributed by atoms with Crippen LogP contribution < -0.4 is 11.3 Å². The Balaban J connectivity index is 2.00. The molecule has 1 aliphatic heterocycles. The fraction of sp³-hybridized carbons (Fsp3) is 0.909. The third-order valence-corrected chi connectivity index (χ3v) is 3.20. The topological polar surface area (TPSA) is 61.6 Å². The number of nitrogens with two attached hydrogens (primary N) is 1. The third-order valence-electron chi connectivity index (χ3n) is 3.20. The molecule has 0 radical (unpaired) electrons. The highest BCUT2D eigenvalue weighted by atomic mass is 16.2. The van der Waals surface area contributed by atoms with Gasteiger partial charge in [-0.1, -0.05) is 6.92 Å². The minimum Gasteiger partial charge on any atom is -0.301 e. The molecule has 1 rings (SSSR count). The molecule has 0 bridgehead atoms. The number of hydrogen-bond acceptors (Lipinski definition) is 4. The first-order chi connectivity index (χ1) is 7.76. The molecule has 16 heavy (non-hydrogen) atoms. The Morgan fingerprint density at radius 1 is 1.19 bits per heavy atom. The second-order valence-electron chi connectivity index (χ2n) is 4.30. The van der Waals surface area contributed by atoms with Crippen molar-refractivity contribution in [2.24, 2.45) is 5.84 Å². The molecule has 0 aromatic rings. The molecule has 1 fully saturated rings. The smallest absolute Gasteiger partial charge is 0.233 e. The van der Waals surface area contributed by atoms with Gasteiger partial charge in [0.1, 0.15) is 0 Å². The lowest BCUT2D eigenvalue weighted by Gasteiger charge is -2.33. The Morgan fingerprint density at radius 3 is 2.38 bits per heavy atom. The lowest BCUT2D eigenvalue weighted by atomic mass is 10.2. The van der Waals surface area contributed by atoms with Gasteiger partial charge in [-0.2, -0.15) is 0 Å². The van der Waals surface area contributed by atoms with Crippen LogP contribution in [0.1, 0.15) is 26.2 Å². The second-order valence-corrected chi connectivity index (χ2v) is 4.30. The number of nitrogens with one attached hydrogen (secondary N) is 1. The Kier molecular flexibility index (Phi) is 6.37. The standard InChI is InChI=1S/C11H24N4O/c1-2-14-7-9-15(10-8-14)6-4-3-5-11(16)13-12/h2-10,12H2,1H3,(H,13,16). The average Bonchev–Trinajstić information content (AvgIpc) is 2.35. The van der Waals surface area contributed by atoms with Crippen LogP contribution in [0.3, 0.4) is 0 Å². The zero-order chi connectivity index (χ0) is 11.8. The second kappa shape index (κ2) is 7.60. The molecule has 94 valence electrons. The number of piperazine rings is 1. The summed E-state index contributed by atoms with van der Waals surface area (Å²) in [5.41, 5.74) is 2.16. The van der Waals surface area contributed by atoms with E-state index < -0.39 is 0 Å². The van der Waals surface area contributed by atoms with Gasteiger partial charge in [0.05, 0.1) is 0 Å². The van der Waals surface area contributed by atoms with E-state index in [1.807, 2.05) is 0 Å². The highest BCUT2D eigenvalue weighted by Gasteiger charge is 2.14. The van der Waals surface area contributed by atoms with Crippen molar-refractivity contribution in [3.8, 4) is 0 Å². The van der Waals surface area contributed by atoms with Gasteiger partial charge < -0.3 is 9.80 Å². The van der Waals surface area contributed by atoms with E-state index in [2.05, 4.69) is 22.1 Å². The summed E-state index contributed by atoms with van der Waals surface area (Å²) in [5.74, 6) is 4.95. The maximum atomic E-state index is 10.9. The van der Waals surface area contributed by atoms with Crippen LogP contribution in [-0.2, 0) is 4.79 Å². The monoisotopic (exact) mass is 228 g/mol. The molecule has 5 nitrogen and oxygen atoms in total. The Morgan fingerprint density at radius 2 is 1.81 bits per heavy atom. The Hall–Kier alpha value is -0.650. The van der Waals surface area contributed by atoms with Crippen LogP contribution in [-0.4, -0.2) is 55.0 Å². The van der Waals surface area contributed by atoms with Crippen molar-refractivity contribution in [2.75, 3.05) is 39.3 Å². The van der Waals surface area contributed by atoms with E-state index >= 15 is 0 Å². The van der Waals surface area contributed by atoms with Crippen molar-refractivity contribution < 1.29 is 4.79 Å². The van der Waals surface area contributed by atoms with Crippen molar-refractivity contribution in [3.05, 3.63) is 0 Å². The predicted molar refractivity (Wildman–Crippen MR) is 64.7 cm³/mol. The number of likely N-dealkylation sites (N-methyl/N-ethyl adjacent to an activating group) is 1. The van der Waals surface area contributed by atoms with Gasteiger partial charge in [0.15, 0.2) is 0 Å². The zero-order valence-electron chi connectivity index (χ0n) is 10.2. The third kappa shape index (κ3) is 4.92. The molecule has 0 spiro atoms. The van der Waals surface area contributed by atoms with E-state index in [0.717, 1.165) is 39.0 Å². The summed E-state index contributed by atoms with van der Waals surface area (Å²) < 4.78 is 0. The van der Waals surface area contributed by atoms with E-state index in [4.69, 9.17) is 5.84 Å². The first-order valence-corrected chi connectivity index (χ1v) is 6.20. The van der Waals surface area contributed by atoms with Crippen molar-refractivity contribution in [1.82, 2.24) is 15.2 Å². The van der Waals surface area contributed by atoms with Gasteiger partial charge >= 0.3 is 0 Å². The molecule has 0 aromatic heterocycles. The lowest BCUT2D eigenvalue weighted by Crippen LogP contribution is -2.46. The largest absolute Gasteiger partial charge is 0.301 e. The van der Waals surface area contributed by atoms with E-state index in [9.17, 15) is 4.79 Å². The van der Waals surface area contributed by atoms with Crippen molar-refractivity contribution >= 4 is 5.91 Å². The molecule has 5 heteroatoms. The molecule has 0 saturated carbocycles. The van der Waals surface area contributed by atoms with Crippen molar-refractivity contribution in [1.29, 1.82) is 0 Å². The number of carbonyl (C=O) groups excluding carboxylic acids is 1. The minimum absolute atomic E-state index is 0.0594. The summed E-state index contributed by atoms with van der Waals surface area (Å²) in [4.78, 5) is 15.8. The number of nitrogens with zero attached hydrogens (tertiary/aromatic N) is 2. The number of carbonyl (C=O) groups is 1. The Labute approximate surface area is 97.9 Å². The molecule has 1 saturated heterocycles. The van der Waals surface area contributed by atoms with Crippen LogP contribution in [0, 0.1) is 0 Å². The fourth-order valence-electron chi connectivity index (χ4n) is 2.02. The van der Waals surface area contributed by atoms with Gasteiger partial charge in [0.2, 0.25) is 5.91 Å². The molecule has 0 aromatic carbocycles. The highest BCUT2D eigenvalue weighted by molar-refractivity contribution is 5.75. The van der Waals surface area contributed by atoms with Crippen LogP contribution in [0.2, 0.25) is 0 Å². The minimum atomic E-state index is -0.0594. The van der Waals surface area contributed by atoms with Crippen LogP contribution in [0.25, 0.3) is 0 Å².